The Bertz CT molecular complexity index is 334. The molecule has 3 heteroatoms. The molecule has 0 amide bonds. The highest BCUT2D eigenvalue weighted by atomic mass is 16.7. The molecule has 54 valence electrons. The van der Waals surface area contributed by atoms with Crippen LogP contribution in [-0.2, 0) is 0 Å². The minimum Gasteiger partial charge on any atom is -0.424 e. The van der Waals surface area contributed by atoms with Crippen molar-refractivity contribution < 1.29 is 9.25 Å². The number of rotatable bonds is 1. The van der Waals surface area contributed by atoms with Crippen LogP contribution >= 0.6 is 0 Å². The average Bonchev–Trinajstić information content (AvgIpc) is 2.46. The molecule has 1 heterocycles. The Morgan fingerprint density at radius 3 is 2.82 bits per heavy atom. The number of hydrogen-bond donors (Lipinski definition) is 0. The van der Waals surface area contributed by atoms with Crippen molar-refractivity contribution in [2.45, 2.75) is 0 Å². The normalized spacial score (nSPS) is 10.3. The van der Waals surface area contributed by atoms with E-state index in [1.165, 1.54) is 0 Å². The maximum absolute atomic E-state index is 8.24. The van der Waals surface area contributed by atoms with Crippen LogP contribution in [0, 0.1) is 0 Å². The summed E-state index contributed by atoms with van der Waals surface area (Å²) in [5.41, 5.74) is 0.705. The van der Waals surface area contributed by atoms with Crippen LogP contribution in [0.25, 0.3) is 11.0 Å². The molecule has 0 saturated carbocycles. The number of benzene rings is 1. The van der Waals surface area contributed by atoms with E-state index >= 15 is 0 Å². The zero-order valence-electron chi connectivity index (χ0n) is 5.65. The molecule has 0 aliphatic carbocycles. The number of para-hydroxylation sites is 1. The lowest BCUT2D eigenvalue weighted by Crippen LogP contribution is -1.81. The lowest BCUT2D eigenvalue weighted by atomic mass is 10.3. The van der Waals surface area contributed by atoms with E-state index in [1.807, 2.05) is 18.2 Å². The molecule has 11 heavy (non-hydrogen) atoms. The fraction of sp³-hybridized carbons (Fsp3) is 0. The van der Waals surface area contributed by atoms with Gasteiger partial charge in [0.25, 0.3) is 0 Å². The van der Waals surface area contributed by atoms with Crippen LogP contribution in [0.2, 0.25) is 0 Å². The lowest BCUT2D eigenvalue weighted by Gasteiger charge is -1.83. The zero-order chi connectivity index (χ0) is 7.68. The summed E-state index contributed by atoms with van der Waals surface area (Å²) in [7, 11) is 0. The number of furan rings is 1. The monoisotopic (exact) mass is 147 g/mol. The van der Waals surface area contributed by atoms with Crippen molar-refractivity contribution in [3.8, 4) is 5.95 Å². The van der Waals surface area contributed by atoms with E-state index in [2.05, 4.69) is 4.84 Å². The average molecular weight is 147 g/mol. The van der Waals surface area contributed by atoms with Crippen LogP contribution in [0.4, 0.5) is 0 Å². The topological polar surface area (TPSA) is 44.7 Å². The third kappa shape index (κ3) is 0.951. The molecule has 0 saturated heterocycles. The number of fused-ring (bicyclic) bond motifs is 1. The van der Waals surface area contributed by atoms with Gasteiger partial charge in [-0.3, -0.25) is 0 Å². The van der Waals surface area contributed by atoms with Gasteiger partial charge in [-0.2, -0.15) is 0 Å². The van der Waals surface area contributed by atoms with Crippen molar-refractivity contribution in [3.63, 3.8) is 0 Å². The first-order valence-electron chi connectivity index (χ1n) is 3.20. The van der Waals surface area contributed by atoms with E-state index in [4.69, 9.17) is 10.3 Å². The summed E-state index contributed by atoms with van der Waals surface area (Å²) in [5, 5.41) is 0.913. The van der Waals surface area contributed by atoms with E-state index in [0.717, 1.165) is 5.39 Å². The summed E-state index contributed by atoms with van der Waals surface area (Å²) in [5.74, 6) is 8.36. The number of nitrogens with zero attached hydrogens (tertiary/aromatic N) is 1. The molecule has 1 aromatic heterocycles. The predicted octanol–water partition coefficient (Wildman–Crippen LogP) is 1.80. The van der Waals surface area contributed by atoms with Gasteiger partial charge in [0.05, 0.1) is 0 Å². The highest BCUT2D eigenvalue weighted by molar-refractivity contribution is 5.78. The third-order valence-electron chi connectivity index (χ3n) is 1.49. The molecule has 2 rings (SSSR count). The first-order valence-corrected chi connectivity index (χ1v) is 3.20. The molecule has 0 spiro atoms. The molecule has 0 N–H and O–H groups in total. The van der Waals surface area contributed by atoms with Crippen molar-refractivity contribution in [2.75, 3.05) is 0 Å². The summed E-state index contributed by atoms with van der Waals surface area (Å²) in [6.45, 7) is 0. The van der Waals surface area contributed by atoms with Gasteiger partial charge in [-0.15, -0.1) is 0 Å². The van der Waals surface area contributed by atoms with Crippen molar-refractivity contribution in [1.82, 2.24) is 5.90 Å². The summed E-state index contributed by atoms with van der Waals surface area (Å²) < 4.78 is 5.04. The predicted molar refractivity (Wildman–Crippen MR) is 39.0 cm³/mol. The van der Waals surface area contributed by atoms with E-state index in [9.17, 15) is 0 Å². The summed E-state index contributed by atoms with van der Waals surface area (Å²) >= 11 is 0. The Morgan fingerprint density at radius 1 is 1.27 bits per heavy atom. The first kappa shape index (κ1) is 6.24. The molecule has 3 nitrogen and oxygen atoms in total. The van der Waals surface area contributed by atoms with Crippen LogP contribution in [0.1, 0.15) is 0 Å². The van der Waals surface area contributed by atoms with Gasteiger partial charge in [-0.1, -0.05) is 18.2 Å². The molecule has 0 unspecified atom stereocenters. The smallest absolute Gasteiger partial charge is 0.310 e. The minimum absolute atomic E-state index is 0.117. The SMILES string of the molecule is [N]Oc1cc2ccccc2o1. The summed E-state index contributed by atoms with van der Waals surface area (Å²) in [6, 6.07) is 9.04. The zero-order valence-corrected chi connectivity index (χ0v) is 5.65. The van der Waals surface area contributed by atoms with Crippen molar-refractivity contribution in [2.24, 2.45) is 0 Å². The van der Waals surface area contributed by atoms with Gasteiger partial charge in [0.1, 0.15) is 11.5 Å². The second kappa shape index (κ2) is 2.29. The highest BCUT2D eigenvalue weighted by Gasteiger charge is 2.01. The van der Waals surface area contributed by atoms with Gasteiger partial charge in [-0.05, 0) is 6.07 Å². The largest absolute Gasteiger partial charge is 0.424 e. The second-order valence-corrected chi connectivity index (χ2v) is 2.19. The van der Waals surface area contributed by atoms with Gasteiger partial charge >= 0.3 is 5.95 Å². The molecule has 0 aliphatic heterocycles. The second-order valence-electron chi connectivity index (χ2n) is 2.19. The van der Waals surface area contributed by atoms with Gasteiger partial charge < -0.3 is 9.25 Å². The summed E-state index contributed by atoms with van der Waals surface area (Å²) in [4.78, 5) is 3.93. The van der Waals surface area contributed by atoms with Gasteiger partial charge in [-0.25, -0.2) is 0 Å². The quantitative estimate of drug-likeness (QED) is 0.577. The van der Waals surface area contributed by atoms with Gasteiger partial charge in [0.15, 0.2) is 0 Å². The number of hydrogen-bond acceptors (Lipinski definition) is 2. The molecule has 2 aromatic rings. The Balaban J connectivity index is 2.69. The van der Waals surface area contributed by atoms with E-state index in [1.54, 1.807) is 12.1 Å². The Hall–Kier alpha value is -1.48. The van der Waals surface area contributed by atoms with Crippen LogP contribution in [0.5, 0.6) is 5.95 Å². The lowest BCUT2D eigenvalue weighted by molar-refractivity contribution is 0.239. The standard InChI is InChI=1S/C8H5NO2/c9-11-8-5-6-3-1-2-4-7(6)10-8/h1-5H. The van der Waals surface area contributed by atoms with Crippen LogP contribution in [0.15, 0.2) is 34.7 Å². The Labute approximate surface area is 63.3 Å². The Kier molecular flexibility index (Phi) is 1.30. The van der Waals surface area contributed by atoms with Crippen molar-refractivity contribution >= 4 is 11.0 Å². The van der Waals surface area contributed by atoms with Crippen molar-refractivity contribution in [1.29, 1.82) is 0 Å². The molecule has 0 aliphatic rings. The molecule has 0 atom stereocenters. The molecular weight excluding hydrogens is 142 g/mol. The minimum atomic E-state index is 0.117. The molecule has 1 aromatic carbocycles. The fourth-order valence-electron chi connectivity index (χ4n) is 1.00. The van der Waals surface area contributed by atoms with Crippen LogP contribution < -0.4 is 10.7 Å². The van der Waals surface area contributed by atoms with Crippen LogP contribution in [-0.4, -0.2) is 0 Å². The van der Waals surface area contributed by atoms with E-state index < -0.39 is 0 Å². The maximum Gasteiger partial charge on any atom is 0.310 e. The fourth-order valence-corrected chi connectivity index (χ4v) is 1.00. The van der Waals surface area contributed by atoms with Gasteiger partial charge in [0.2, 0.25) is 0 Å². The molecule has 2 radical (unpaired) electrons. The van der Waals surface area contributed by atoms with E-state index in [0.29, 0.717) is 5.58 Å². The first-order chi connectivity index (χ1) is 5.40. The summed E-state index contributed by atoms with van der Waals surface area (Å²) in [6.07, 6.45) is 0. The third-order valence-corrected chi connectivity index (χ3v) is 1.49. The maximum atomic E-state index is 8.24. The Morgan fingerprint density at radius 2 is 2.09 bits per heavy atom. The van der Waals surface area contributed by atoms with E-state index in [-0.39, 0.29) is 5.95 Å². The highest BCUT2D eigenvalue weighted by Crippen LogP contribution is 2.23. The molecular formula is C8H5NO2. The van der Waals surface area contributed by atoms with Crippen molar-refractivity contribution in [3.05, 3.63) is 30.3 Å². The van der Waals surface area contributed by atoms with Gasteiger partial charge in [0, 0.05) is 11.5 Å². The van der Waals surface area contributed by atoms with Crippen LogP contribution in [0.3, 0.4) is 0 Å². The molecule has 0 bridgehead atoms. The molecule has 0 fully saturated rings.